The van der Waals surface area contributed by atoms with Crippen LogP contribution >= 0.6 is 11.6 Å². The number of hydrogen-bond acceptors (Lipinski definition) is 8. The van der Waals surface area contributed by atoms with Gasteiger partial charge in [0.1, 0.15) is 30.5 Å². The Balaban J connectivity index is 1.45. The van der Waals surface area contributed by atoms with Gasteiger partial charge in [0.2, 0.25) is 0 Å². The van der Waals surface area contributed by atoms with Gasteiger partial charge in [-0.2, -0.15) is 14.7 Å². The Labute approximate surface area is 203 Å². The first kappa shape index (κ1) is 24.4. The van der Waals surface area contributed by atoms with E-state index in [1.54, 1.807) is 6.07 Å². The molecule has 1 aliphatic heterocycles. The fourth-order valence-electron chi connectivity index (χ4n) is 4.58. The smallest absolute Gasteiger partial charge is 0.146 e. The number of benzene rings is 2. The van der Waals surface area contributed by atoms with Gasteiger partial charge in [0.25, 0.3) is 0 Å². The van der Waals surface area contributed by atoms with Crippen molar-refractivity contribution >= 4 is 11.6 Å². The molecule has 8 nitrogen and oxygen atoms in total. The van der Waals surface area contributed by atoms with Crippen LogP contribution in [0.3, 0.4) is 0 Å². The van der Waals surface area contributed by atoms with E-state index in [0.29, 0.717) is 11.4 Å². The second-order valence-corrected chi connectivity index (χ2v) is 9.67. The van der Waals surface area contributed by atoms with Crippen LogP contribution in [0.15, 0.2) is 58.0 Å². The molecule has 1 saturated heterocycles. The Morgan fingerprint density at radius 2 is 1.85 bits per heavy atom. The van der Waals surface area contributed by atoms with Crippen molar-refractivity contribution in [1.29, 1.82) is 0 Å². The summed E-state index contributed by atoms with van der Waals surface area (Å²) in [6.45, 7) is 1.84. The van der Waals surface area contributed by atoms with E-state index >= 15 is 0 Å². The van der Waals surface area contributed by atoms with Crippen molar-refractivity contribution in [3.63, 3.8) is 0 Å². The molecule has 2 aliphatic rings. The van der Waals surface area contributed by atoms with E-state index in [1.807, 2.05) is 36.4 Å². The minimum Gasteiger partial charge on any atom is -0.491 e. The number of nitrogens with zero attached hydrogens (tertiary/aromatic N) is 3. The molecule has 0 N–H and O–H groups in total. The van der Waals surface area contributed by atoms with Gasteiger partial charge in [-0.25, -0.2) is 0 Å². The number of halogens is 1. The predicted octanol–water partition coefficient (Wildman–Crippen LogP) is 6.36. The van der Waals surface area contributed by atoms with E-state index in [9.17, 15) is 14.7 Å². The molecule has 1 heterocycles. The van der Waals surface area contributed by atoms with Crippen LogP contribution in [0.1, 0.15) is 55.4 Å². The third-order valence-electron chi connectivity index (χ3n) is 6.54. The lowest BCUT2D eigenvalue weighted by Crippen LogP contribution is -2.45. The van der Waals surface area contributed by atoms with Gasteiger partial charge in [-0.1, -0.05) is 64.2 Å². The quantitative estimate of drug-likeness (QED) is 0.344. The lowest BCUT2D eigenvalue weighted by Gasteiger charge is -2.35. The third kappa shape index (κ3) is 6.04. The molecule has 180 valence electrons. The lowest BCUT2D eigenvalue weighted by molar-refractivity contribution is -0.0645. The van der Waals surface area contributed by atoms with Crippen LogP contribution in [-0.2, 0) is 11.2 Å². The van der Waals surface area contributed by atoms with E-state index in [0.717, 1.165) is 34.8 Å². The summed E-state index contributed by atoms with van der Waals surface area (Å²) in [6, 6.07) is 11.6. The van der Waals surface area contributed by atoms with Crippen molar-refractivity contribution in [1.82, 2.24) is 0 Å². The second kappa shape index (κ2) is 11.1. The first-order valence-corrected chi connectivity index (χ1v) is 12.0. The Morgan fingerprint density at radius 3 is 2.50 bits per heavy atom. The van der Waals surface area contributed by atoms with Gasteiger partial charge in [0.15, 0.2) is 0 Å². The van der Waals surface area contributed by atoms with Gasteiger partial charge < -0.3 is 9.47 Å². The van der Waals surface area contributed by atoms with Gasteiger partial charge in [0, 0.05) is 11.4 Å². The van der Waals surface area contributed by atoms with Crippen molar-refractivity contribution in [2.75, 3.05) is 6.54 Å². The number of hydrogen-bond donors (Lipinski definition) is 0. The maximum Gasteiger partial charge on any atom is 0.146 e. The molecule has 0 radical (unpaired) electrons. The maximum atomic E-state index is 11.3. The molecular formula is C25H28ClN3O5. The average molecular weight is 486 g/mol. The summed E-state index contributed by atoms with van der Waals surface area (Å²) in [5, 5.41) is 9.46. The van der Waals surface area contributed by atoms with Crippen LogP contribution in [-0.4, -0.2) is 30.8 Å². The molecule has 2 fully saturated rings. The van der Waals surface area contributed by atoms with E-state index in [2.05, 4.69) is 22.5 Å². The summed E-state index contributed by atoms with van der Waals surface area (Å²) in [5.41, 5.74) is 2.77. The highest BCUT2D eigenvalue weighted by Crippen LogP contribution is 2.37. The summed E-state index contributed by atoms with van der Waals surface area (Å²) < 4.78 is 12.0. The summed E-state index contributed by atoms with van der Waals surface area (Å²) >= 11 is 6.47. The minimum absolute atomic E-state index is 0.196. The van der Waals surface area contributed by atoms with E-state index in [4.69, 9.17) is 21.1 Å². The summed E-state index contributed by atoms with van der Waals surface area (Å²) in [7, 11) is 0. The summed E-state index contributed by atoms with van der Waals surface area (Å²) in [5.74, 6) is 1.67. The van der Waals surface area contributed by atoms with Gasteiger partial charge in [0.05, 0.1) is 12.2 Å². The molecule has 0 bridgehead atoms. The van der Waals surface area contributed by atoms with Crippen LogP contribution in [0.4, 0.5) is 0 Å². The molecule has 2 aromatic rings. The topological polar surface area (TPSA) is 107 Å². The Hall–Kier alpha value is -2.71. The first-order chi connectivity index (χ1) is 16.5. The molecule has 2 unspecified atom stereocenters. The van der Waals surface area contributed by atoms with Crippen molar-refractivity contribution in [2.24, 2.45) is 21.4 Å². The van der Waals surface area contributed by atoms with Crippen LogP contribution in [0.2, 0.25) is 5.02 Å². The summed E-state index contributed by atoms with van der Waals surface area (Å²) in [6.07, 6.45) is 3.32. The molecule has 5 atom stereocenters. The maximum absolute atomic E-state index is 11.3. The molecule has 2 aromatic carbocycles. The largest absolute Gasteiger partial charge is 0.491 e. The molecule has 34 heavy (non-hydrogen) atoms. The zero-order valence-corrected chi connectivity index (χ0v) is 19.8. The van der Waals surface area contributed by atoms with Gasteiger partial charge in [-0.15, -0.1) is 0 Å². The fraction of sp³-hybridized carbons (Fsp3) is 0.520. The highest BCUT2D eigenvalue weighted by molar-refractivity contribution is 6.31. The first-order valence-electron chi connectivity index (χ1n) is 11.6. The van der Waals surface area contributed by atoms with Gasteiger partial charge in [-0.3, -0.25) is 0 Å². The van der Waals surface area contributed by atoms with Crippen molar-refractivity contribution in [3.8, 4) is 5.75 Å². The van der Waals surface area contributed by atoms with Crippen LogP contribution in [0.25, 0.3) is 0 Å². The minimum atomic E-state index is -1.02. The Bertz CT molecular complexity index is 1010. The molecule has 0 amide bonds. The molecule has 0 aromatic heterocycles. The van der Waals surface area contributed by atoms with Crippen molar-refractivity contribution < 1.29 is 9.47 Å². The Morgan fingerprint density at radius 1 is 1.09 bits per heavy atom. The molecule has 1 saturated carbocycles. The molecular weight excluding hydrogens is 458 g/mol. The molecule has 1 aliphatic carbocycles. The van der Waals surface area contributed by atoms with E-state index < -0.39 is 24.3 Å². The van der Waals surface area contributed by atoms with Crippen LogP contribution in [0, 0.1) is 20.6 Å². The van der Waals surface area contributed by atoms with Crippen molar-refractivity contribution in [2.45, 2.75) is 69.4 Å². The molecule has 0 spiro atoms. The standard InChI is InChI=1S/C25H28ClN3O5/c1-15(10-16-2-3-16)33-20-7-4-17(5-8-20)11-19-12-18(6-9-21(19)26)23-13-22(28-31)25(29-32)24(34-23)14-27-30/h4-9,12,15-16,22-25H,2-3,10-11,13-14H2,1H3/t15?,22-,23?,24-,25+/m1/s1. The number of rotatable bonds is 11. The number of nitroso groups, excluding NO2 is 3. The highest BCUT2D eigenvalue weighted by Gasteiger charge is 2.42. The fourth-order valence-corrected chi connectivity index (χ4v) is 4.76. The second-order valence-electron chi connectivity index (χ2n) is 9.26. The van der Waals surface area contributed by atoms with Crippen LogP contribution in [0.5, 0.6) is 5.75 Å². The van der Waals surface area contributed by atoms with E-state index in [-0.39, 0.29) is 19.1 Å². The highest BCUT2D eigenvalue weighted by atomic mass is 35.5. The predicted molar refractivity (Wildman–Crippen MR) is 130 cm³/mol. The number of ether oxygens (including phenoxy) is 2. The van der Waals surface area contributed by atoms with E-state index in [1.165, 1.54) is 12.8 Å². The molecule has 4 rings (SSSR count). The zero-order chi connectivity index (χ0) is 24.1. The normalized spacial score (nSPS) is 25.4. The van der Waals surface area contributed by atoms with Gasteiger partial charge >= 0.3 is 0 Å². The molecule has 9 heteroatoms. The van der Waals surface area contributed by atoms with Gasteiger partial charge in [-0.05, 0) is 60.6 Å². The zero-order valence-electron chi connectivity index (χ0n) is 19.0. The monoisotopic (exact) mass is 485 g/mol. The SMILES string of the molecule is CC(CC1CC1)Oc1ccc(Cc2cc(C3C[C@@H](N=O)[C@H](N=O)[C@@H](CN=O)O3)ccc2Cl)cc1. The van der Waals surface area contributed by atoms with Crippen LogP contribution < -0.4 is 4.74 Å². The van der Waals surface area contributed by atoms with Crippen molar-refractivity contribution in [3.05, 3.63) is 78.9 Å². The third-order valence-corrected chi connectivity index (χ3v) is 6.91. The summed E-state index contributed by atoms with van der Waals surface area (Å²) in [4.78, 5) is 33.3. The lowest BCUT2D eigenvalue weighted by atomic mass is 9.90. The average Bonchev–Trinajstić information content (AvgIpc) is 3.65. The Kier molecular flexibility index (Phi) is 8.00.